The number of nitrogens with one attached hydrogen (secondary N) is 2. The molecule has 0 saturated heterocycles. The van der Waals surface area contributed by atoms with Crippen LogP contribution < -0.4 is 10.6 Å². The Morgan fingerprint density at radius 2 is 1.30 bits per heavy atom. The van der Waals surface area contributed by atoms with Crippen molar-refractivity contribution in [2.45, 2.75) is 46.2 Å². The Bertz CT molecular complexity index is 529. The summed E-state index contributed by atoms with van der Waals surface area (Å²) in [6, 6.07) is -1.14. The van der Waals surface area contributed by atoms with Gasteiger partial charge in [-0.15, -0.1) is 0 Å². The first-order chi connectivity index (χ1) is 14.1. The fourth-order valence-corrected chi connectivity index (χ4v) is 2.93. The first-order valence-corrected chi connectivity index (χ1v) is 12.0. The number of hydrogen-bond acceptors (Lipinski definition) is 8. The first kappa shape index (κ1) is 29.2. The van der Waals surface area contributed by atoms with Crippen LogP contribution in [0.3, 0.4) is 0 Å². The molecule has 0 aromatic rings. The zero-order valence-corrected chi connectivity index (χ0v) is 19.5. The highest BCUT2D eigenvalue weighted by molar-refractivity contribution is 7.85. The molecule has 0 fully saturated rings. The quantitative estimate of drug-likeness (QED) is 0.177. The highest BCUT2D eigenvalue weighted by Gasteiger charge is 2.24. The molecule has 0 aliphatic carbocycles. The number of hydrogen-bond donors (Lipinski definition) is 3. The summed E-state index contributed by atoms with van der Waals surface area (Å²) >= 11 is 0. The van der Waals surface area contributed by atoms with Gasteiger partial charge in [-0.05, 0) is 12.3 Å². The summed E-state index contributed by atoms with van der Waals surface area (Å²) in [7, 11) is -4.26. The standard InChI is InChI=1S/C19H40N2O8S/c1-16(2)5-7-26-9-11-28-13-14-29-12-10-27-8-6-20-19(22)18(21-17(3)4)15-30(23,24)25/h16-18,21H,5-15H2,1-4H3,(H,20,22)(H,23,24,25). The van der Waals surface area contributed by atoms with Gasteiger partial charge < -0.3 is 29.6 Å². The molecule has 11 heteroatoms. The molecule has 0 aromatic carbocycles. The van der Waals surface area contributed by atoms with Gasteiger partial charge in [-0.1, -0.05) is 27.7 Å². The predicted octanol–water partition coefficient (Wildman–Crippen LogP) is 0.470. The Kier molecular flexibility index (Phi) is 17.3. The van der Waals surface area contributed by atoms with Crippen molar-refractivity contribution in [3.05, 3.63) is 0 Å². The summed E-state index contributed by atoms with van der Waals surface area (Å²) in [4.78, 5) is 12.1. The van der Waals surface area contributed by atoms with Gasteiger partial charge in [-0.2, -0.15) is 8.42 Å². The molecule has 0 saturated carbocycles. The zero-order valence-electron chi connectivity index (χ0n) is 18.7. The minimum absolute atomic E-state index is 0.114. The van der Waals surface area contributed by atoms with Crippen LogP contribution in [-0.4, -0.2) is 96.1 Å². The molecule has 0 aliphatic heterocycles. The minimum atomic E-state index is -4.26. The van der Waals surface area contributed by atoms with E-state index in [1.807, 2.05) is 0 Å². The van der Waals surface area contributed by atoms with Crippen molar-refractivity contribution < 1.29 is 36.7 Å². The van der Waals surface area contributed by atoms with Crippen molar-refractivity contribution in [2.75, 3.05) is 65.2 Å². The molecule has 1 atom stereocenters. The molecule has 1 unspecified atom stereocenters. The topological polar surface area (TPSA) is 132 Å². The molecule has 30 heavy (non-hydrogen) atoms. The Labute approximate surface area is 181 Å². The lowest BCUT2D eigenvalue weighted by atomic mass is 10.1. The van der Waals surface area contributed by atoms with Gasteiger partial charge in [-0.3, -0.25) is 9.35 Å². The van der Waals surface area contributed by atoms with Gasteiger partial charge in [0.15, 0.2) is 0 Å². The van der Waals surface area contributed by atoms with Gasteiger partial charge in [0.1, 0.15) is 6.04 Å². The van der Waals surface area contributed by atoms with Gasteiger partial charge in [0.05, 0.1) is 52.0 Å². The van der Waals surface area contributed by atoms with Gasteiger partial charge in [-0.25, -0.2) is 0 Å². The monoisotopic (exact) mass is 456 g/mol. The van der Waals surface area contributed by atoms with E-state index in [9.17, 15) is 13.2 Å². The Morgan fingerprint density at radius 3 is 1.73 bits per heavy atom. The molecular formula is C19H40N2O8S. The van der Waals surface area contributed by atoms with Crippen molar-refractivity contribution >= 4 is 16.0 Å². The van der Waals surface area contributed by atoms with Crippen LogP contribution in [0.15, 0.2) is 0 Å². The lowest BCUT2D eigenvalue weighted by Crippen LogP contribution is -2.51. The van der Waals surface area contributed by atoms with E-state index in [0.29, 0.717) is 45.6 Å². The van der Waals surface area contributed by atoms with Gasteiger partial charge in [0.25, 0.3) is 10.1 Å². The average Bonchev–Trinajstić information content (AvgIpc) is 2.62. The molecule has 1 amide bonds. The smallest absolute Gasteiger partial charge is 0.266 e. The van der Waals surface area contributed by atoms with Crippen LogP contribution in [0.1, 0.15) is 34.1 Å². The normalized spacial score (nSPS) is 13.2. The van der Waals surface area contributed by atoms with Crippen LogP contribution in [0.25, 0.3) is 0 Å². The molecule has 0 radical (unpaired) electrons. The van der Waals surface area contributed by atoms with Crippen LogP contribution in [0.5, 0.6) is 0 Å². The molecule has 180 valence electrons. The summed E-state index contributed by atoms with van der Waals surface area (Å²) in [6.45, 7) is 12.0. The fourth-order valence-electron chi connectivity index (χ4n) is 2.26. The van der Waals surface area contributed by atoms with Gasteiger partial charge in [0.2, 0.25) is 5.91 Å². The molecule has 0 rings (SSSR count). The summed E-state index contributed by atoms with van der Waals surface area (Å²) in [5, 5.41) is 5.39. The molecule has 0 spiro atoms. The number of carbonyl (C=O) groups excluding carboxylic acids is 1. The Balaban J connectivity index is 3.58. The highest BCUT2D eigenvalue weighted by atomic mass is 32.2. The SMILES string of the molecule is CC(C)CCOCCOCCOCCOCCNC(=O)C(CS(=O)(=O)O)NC(C)C. The average molecular weight is 457 g/mol. The molecule has 3 N–H and O–H groups in total. The van der Waals surface area contributed by atoms with Crippen LogP contribution in [0.2, 0.25) is 0 Å². The van der Waals surface area contributed by atoms with E-state index < -0.39 is 27.8 Å². The maximum absolute atomic E-state index is 12.1. The third kappa shape index (κ3) is 20.5. The molecular weight excluding hydrogens is 416 g/mol. The van der Waals surface area contributed by atoms with Crippen molar-refractivity contribution in [2.24, 2.45) is 5.92 Å². The summed E-state index contributed by atoms with van der Waals surface area (Å²) in [5.41, 5.74) is 0. The van der Waals surface area contributed by atoms with Crippen LogP contribution >= 0.6 is 0 Å². The van der Waals surface area contributed by atoms with E-state index >= 15 is 0 Å². The van der Waals surface area contributed by atoms with Crippen molar-refractivity contribution in [3.63, 3.8) is 0 Å². The number of ether oxygens (including phenoxy) is 4. The van der Waals surface area contributed by atoms with Crippen LogP contribution in [0.4, 0.5) is 0 Å². The van der Waals surface area contributed by atoms with E-state index in [2.05, 4.69) is 24.5 Å². The molecule has 10 nitrogen and oxygen atoms in total. The van der Waals surface area contributed by atoms with E-state index in [0.717, 1.165) is 13.0 Å². The highest BCUT2D eigenvalue weighted by Crippen LogP contribution is 1.98. The Morgan fingerprint density at radius 1 is 0.833 bits per heavy atom. The summed E-state index contributed by atoms with van der Waals surface area (Å²) < 4.78 is 52.6. The lowest BCUT2D eigenvalue weighted by Gasteiger charge is -2.19. The lowest BCUT2D eigenvalue weighted by molar-refractivity contribution is -0.123. The minimum Gasteiger partial charge on any atom is -0.379 e. The maximum atomic E-state index is 12.1. The molecule has 0 aliphatic rings. The number of amides is 1. The van der Waals surface area contributed by atoms with Gasteiger partial charge >= 0.3 is 0 Å². The Hall–Kier alpha value is -0.820. The molecule has 0 aromatic heterocycles. The van der Waals surface area contributed by atoms with E-state index in [-0.39, 0.29) is 19.2 Å². The third-order valence-corrected chi connectivity index (χ3v) is 4.48. The summed E-state index contributed by atoms with van der Waals surface area (Å²) in [5.74, 6) is -0.550. The molecule has 0 heterocycles. The van der Waals surface area contributed by atoms with Crippen LogP contribution in [-0.2, 0) is 33.9 Å². The van der Waals surface area contributed by atoms with Crippen molar-refractivity contribution in [1.29, 1.82) is 0 Å². The zero-order chi connectivity index (χ0) is 22.8. The first-order valence-electron chi connectivity index (χ1n) is 10.4. The van der Waals surface area contributed by atoms with Crippen molar-refractivity contribution in [1.82, 2.24) is 10.6 Å². The summed E-state index contributed by atoms with van der Waals surface area (Å²) in [6.07, 6.45) is 1.05. The van der Waals surface area contributed by atoms with Gasteiger partial charge in [0, 0.05) is 19.2 Å². The van der Waals surface area contributed by atoms with E-state index in [4.69, 9.17) is 23.5 Å². The predicted molar refractivity (Wildman–Crippen MR) is 114 cm³/mol. The largest absolute Gasteiger partial charge is 0.379 e. The van der Waals surface area contributed by atoms with E-state index in [1.54, 1.807) is 13.8 Å². The second-order valence-corrected chi connectivity index (χ2v) is 9.04. The third-order valence-electron chi connectivity index (χ3n) is 3.73. The number of rotatable bonds is 20. The van der Waals surface area contributed by atoms with E-state index in [1.165, 1.54) is 0 Å². The second-order valence-electron chi connectivity index (χ2n) is 7.55. The second kappa shape index (κ2) is 17.8. The van der Waals surface area contributed by atoms with Crippen LogP contribution in [0, 0.1) is 5.92 Å². The van der Waals surface area contributed by atoms with Crippen molar-refractivity contribution in [3.8, 4) is 0 Å². The maximum Gasteiger partial charge on any atom is 0.266 e. The molecule has 0 bridgehead atoms. The number of carbonyl (C=O) groups is 1. The fraction of sp³-hybridized carbons (Fsp3) is 0.947.